The second kappa shape index (κ2) is 8.24. The summed E-state index contributed by atoms with van der Waals surface area (Å²) in [5.41, 5.74) is 7.20. The summed E-state index contributed by atoms with van der Waals surface area (Å²) in [6.07, 6.45) is 8.34. The van der Waals surface area contributed by atoms with Crippen molar-refractivity contribution in [3.05, 3.63) is 35.6 Å². The predicted octanol–water partition coefficient (Wildman–Crippen LogP) is 4.06. The maximum atomic E-state index is 12.7. The van der Waals surface area contributed by atoms with Crippen molar-refractivity contribution in [1.29, 1.82) is 0 Å². The van der Waals surface area contributed by atoms with Crippen LogP contribution in [0.25, 0.3) is 0 Å². The third-order valence-corrected chi connectivity index (χ3v) is 3.09. The van der Waals surface area contributed by atoms with Crippen LogP contribution in [0.3, 0.4) is 0 Å². The van der Waals surface area contributed by atoms with Gasteiger partial charge in [0.05, 0.1) is 0 Å². The summed E-state index contributed by atoms with van der Waals surface area (Å²) in [6.45, 7) is 2.22. The van der Waals surface area contributed by atoms with Crippen LogP contribution in [0.15, 0.2) is 24.3 Å². The van der Waals surface area contributed by atoms with E-state index >= 15 is 0 Å². The van der Waals surface area contributed by atoms with E-state index in [0.717, 1.165) is 18.4 Å². The lowest BCUT2D eigenvalue weighted by Gasteiger charge is -2.11. The molecule has 1 rings (SSSR count). The van der Waals surface area contributed by atoms with Crippen molar-refractivity contribution in [2.45, 2.75) is 57.9 Å². The van der Waals surface area contributed by atoms with Crippen molar-refractivity contribution >= 4 is 0 Å². The van der Waals surface area contributed by atoms with Gasteiger partial charge < -0.3 is 5.73 Å². The molecule has 0 heterocycles. The van der Waals surface area contributed by atoms with Crippen LogP contribution in [0.4, 0.5) is 4.39 Å². The topological polar surface area (TPSA) is 26.0 Å². The number of nitrogens with two attached hydrogens (primary N) is 1. The summed E-state index contributed by atoms with van der Waals surface area (Å²) in [5, 5.41) is 0. The molecule has 96 valence electrons. The molecule has 0 aliphatic heterocycles. The molecule has 0 bridgehead atoms. The molecule has 1 aromatic carbocycles. The van der Waals surface area contributed by atoms with E-state index in [1.165, 1.54) is 44.2 Å². The molecular weight excluding hydrogens is 213 g/mol. The van der Waals surface area contributed by atoms with E-state index in [0.29, 0.717) is 0 Å². The number of benzene rings is 1. The Morgan fingerprint density at radius 1 is 1.06 bits per heavy atom. The van der Waals surface area contributed by atoms with Crippen molar-refractivity contribution < 1.29 is 4.39 Å². The van der Waals surface area contributed by atoms with Crippen LogP contribution >= 0.6 is 0 Å². The summed E-state index contributed by atoms with van der Waals surface area (Å²) in [4.78, 5) is 0. The summed E-state index contributed by atoms with van der Waals surface area (Å²) >= 11 is 0. The maximum Gasteiger partial charge on any atom is 0.123 e. The van der Waals surface area contributed by atoms with Crippen LogP contribution in [-0.2, 0) is 6.42 Å². The Balaban J connectivity index is 2.16. The average Bonchev–Trinajstić information content (AvgIpc) is 2.32. The zero-order valence-electron chi connectivity index (χ0n) is 10.8. The van der Waals surface area contributed by atoms with E-state index in [1.807, 2.05) is 12.1 Å². The van der Waals surface area contributed by atoms with Crippen LogP contribution in [0.5, 0.6) is 0 Å². The van der Waals surface area contributed by atoms with Gasteiger partial charge in [-0.25, -0.2) is 4.39 Å². The first-order valence-electron chi connectivity index (χ1n) is 6.72. The standard InChI is InChI=1S/C15H24FN/c1-2-3-4-5-6-7-15(17)12-13-8-10-14(16)11-9-13/h8-11,15H,2-7,12,17H2,1H3. The quantitative estimate of drug-likeness (QED) is 0.678. The first kappa shape index (κ1) is 14.2. The first-order chi connectivity index (χ1) is 8.22. The van der Waals surface area contributed by atoms with E-state index in [2.05, 4.69) is 6.92 Å². The van der Waals surface area contributed by atoms with Crippen molar-refractivity contribution in [3.8, 4) is 0 Å². The molecule has 1 atom stereocenters. The number of rotatable bonds is 8. The second-order valence-corrected chi connectivity index (χ2v) is 4.79. The zero-order valence-corrected chi connectivity index (χ0v) is 10.8. The minimum Gasteiger partial charge on any atom is -0.327 e. The highest BCUT2D eigenvalue weighted by atomic mass is 19.1. The number of hydrogen-bond donors (Lipinski definition) is 1. The molecule has 2 heteroatoms. The third-order valence-electron chi connectivity index (χ3n) is 3.09. The fraction of sp³-hybridized carbons (Fsp3) is 0.600. The van der Waals surface area contributed by atoms with Crippen LogP contribution in [0.1, 0.15) is 51.0 Å². The van der Waals surface area contributed by atoms with Crippen molar-refractivity contribution in [3.63, 3.8) is 0 Å². The van der Waals surface area contributed by atoms with Crippen molar-refractivity contribution in [2.75, 3.05) is 0 Å². The van der Waals surface area contributed by atoms with Gasteiger partial charge in [-0.05, 0) is 30.5 Å². The van der Waals surface area contributed by atoms with E-state index < -0.39 is 0 Å². The van der Waals surface area contributed by atoms with E-state index in [-0.39, 0.29) is 11.9 Å². The maximum absolute atomic E-state index is 12.7. The Kier molecular flexibility index (Phi) is 6.87. The second-order valence-electron chi connectivity index (χ2n) is 4.79. The van der Waals surface area contributed by atoms with Gasteiger partial charge in [-0.1, -0.05) is 51.2 Å². The molecule has 1 nitrogen and oxygen atoms in total. The monoisotopic (exact) mass is 237 g/mol. The van der Waals surface area contributed by atoms with Gasteiger partial charge in [-0.15, -0.1) is 0 Å². The third kappa shape index (κ3) is 6.42. The van der Waals surface area contributed by atoms with Gasteiger partial charge >= 0.3 is 0 Å². The molecule has 0 saturated heterocycles. The fourth-order valence-electron chi connectivity index (χ4n) is 2.04. The molecule has 2 N–H and O–H groups in total. The van der Waals surface area contributed by atoms with Crippen LogP contribution in [0.2, 0.25) is 0 Å². The molecule has 0 fully saturated rings. The molecule has 0 spiro atoms. The van der Waals surface area contributed by atoms with E-state index in [4.69, 9.17) is 5.73 Å². The van der Waals surface area contributed by atoms with Gasteiger partial charge in [0.15, 0.2) is 0 Å². The molecule has 17 heavy (non-hydrogen) atoms. The van der Waals surface area contributed by atoms with E-state index in [9.17, 15) is 4.39 Å². The van der Waals surface area contributed by atoms with Crippen LogP contribution in [0, 0.1) is 5.82 Å². The lowest BCUT2D eigenvalue weighted by Crippen LogP contribution is -2.22. The molecule has 1 unspecified atom stereocenters. The number of hydrogen-bond acceptors (Lipinski definition) is 1. The molecule has 0 amide bonds. The van der Waals surface area contributed by atoms with Crippen LogP contribution < -0.4 is 5.73 Å². The minimum atomic E-state index is -0.179. The Morgan fingerprint density at radius 3 is 2.35 bits per heavy atom. The molecule has 1 aromatic rings. The lowest BCUT2D eigenvalue weighted by molar-refractivity contribution is 0.537. The molecule has 0 radical (unpaired) electrons. The van der Waals surface area contributed by atoms with Crippen molar-refractivity contribution in [2.24, 2.45) is 5.73 Å². The summed E-state index contributed by atoms with van der Waals surface area (Å²) in [6, 6.07) is 6.87. The molecular formula is C15H24FN. The summed E-state index contributed by atoms with van der Waals surface area (Å²) in [7, 11) is 0. The Labute approximate surface area is 104 Å². The Hall–Kier alpha value is -0.890. The van der Waals surface area contributed by atoms with Gasteiger partial charge in [0.2, 0.25) is 0 Å². The minimum absolute atomic E-state index is 0.179. The van der Waals surface area contributed by atoms with Gasteiger partial charge in [-0.3, -0.25) is 0 Å². The zero-order chi connectivity index (χ0) is 12.5. The predicted molar refractivity (Wildman–Crippen MR) is 71.5 cm³/mol. The molecule has 0 aliphatic rings. The Bertz CT molecular complexity index is 294. The van der Waals surface area contributed by atoms with Gasteiger partial charge in [-0.2, -0.15) is 0 Å². The smallest absolute Gasteiger partial charge is 0.123 e. The lowest BCUT2D eigenvalue weighted by atomic mass is 10.0. The van der Waals surface area contributed by atoms with Gasteiger partial charge in [0, 0.05) is 6.04 Å². The summed E-state index contributed by atoms with van der Waals surface area (Å²) in [5.74, 6) is -0.179. The SMILES string of the molecule is CCCCCCCC(N)Cc1ccc(F)cc1. The largest absolute Gasteiger partial charge is 0.327 e. The van der Waals surface area contributed by atoms with Gasteiger partial charge in [0.1, 0.15) is 5.82 Å². The fourth-order valence-corrected chi connectivity index (χ4v) is 2.04. The highest BCUT2D eigenvalue weighted by Crippen LogP contribution is 2.10. The number of unbranched alkanes of at least 4 members (excludes halogenated alkanes) is 4. The molecule has 0 aromatic heterocycles. The highest BCUT2D eigenvalue weighted by molar-refractivity contribution is 5.16. The number of halogens is 1. The molecule has 0 saturated carbocycles. The normalized spacial score (nSPS) is 12.6. The van der Waals surface area contributed by atoms with E-state index in [1.54, 1.807) is 0 Å². The van der Waals surface area contributed by atoms with Crippen molar-refractivity contribution in [1.82, 2.24) is 0 Å². The Morgan fingerprint density at radius 2 is 1.71 bits per heavy atom. The molecule has 0 aliphatic carbocycles. The first-order valence-corrected chi connectivity index (χ1v) is 6.72. The van der Waals surface area contributed by atoms with Gasteiger partial charge in [0.25, 0.3) is 0 Å². The summed E-state index contributed by atoms with van der Waals surface area (Å²) < 4.78 is 12.7. The van der Waals surface area contributed by atoms with Crippen LogP contribution in [-0.4, -0.2) is 6.04 Å². The average molecular weight is 237 g/mol. The highest BCUT2D eigenvalue weighted by Gasteiger charge is 2.04.